The summed E-state index contributed by atoms with van der Waals surface area (Å²) < 4.78 is 0. The first-order valence-corrected chi connectivity index (χ1v) is 7.53. The lowest BCUT2D eigenvalue weighted by Gasteiger charge is -2.37. The molecule has 2 heteroatoms. The minimum absolute atomic E-state index is 0.425. The Morgan fingerprint density at radius 2 is 2.06 bits per heavy atom. The van der Waals surface area contributed by atoms with E-state index in [-0.39, 0.29) is 0 Å². The van der Waals surface area contributed by atoms with E-state index in [0.717, 1.165) is 25.3 Å². The van der Waals surface area contributed by atoms with Gasteiger partial charge in [-0.3, -0.25) is 0 Å². The molecule has 0 saturated heterocycles. The van der Waals surface area contributed by atoms with Gasteiger partial charge in [0.1, 0.15) is 0 Å². The normalized spacial score (nSPS) is 36.5. The van der Waals surface area contributed by atoms with Gasteiger partial charge in [-0.05, 0) is 38.0 Å². The molecular weight excluding hydrogens is 210 g/mol. The van der Waals surface area contributed by atoms with Gasteiger partial charge in [0.2, 0.25) is 0 Å². The predicted molar refractivity (Wildman–Crippen MR) is 72.0 cm³/mol. The molecule has 100 valence electrons. The van der Waals surface area contributed by atoms with Crippen LogP contribution in [0.5, 0.6) is 0 Å². The number of rotatable bonds is 5. The molecule has 0 amide bonds. The molecule has 2 rings (SSSR count). The molecule has 2 aliphatic carbocycles. The summed E-state index contributed by atoms with van der Waals surface area (Å²) in [6, 6.07) is 0.571. The Balaban J connectivity index is 1.68. The Morgan fingerprint density at radius 3 is 2.65 bits per heavy atom. The van der Waals surface area contributed by atoms with E-state index in [2.05, 4.69) is 19.2 Å². The molecule has 3 atom stereocenters. The molecule has 2 fully saturated rings. The molecule has 2 N–H and O–H groups in total. The van der Waals surface area contributed by atoms with Crippen LogP contribution in [0, 0.1) is 11.8 Å². The molecule has 0 aromatic heterocycles. The zero-order valence-electron chi connectivity index (χ0n) is 11.5. The van der Waals surface area contributed by atoms with Gasteiger partial charge < -0.3 is 10.4 Å². The summed E-state index contributed by atoms with van der Waals surface area (Å²) in [5.41, 5.74) is -0.425. The molecule has 0 bridgehead atoms. The molecule has 0 spiro atoms. The Labute approximate surface area is 106 Å². The topological polar surface area (TPSA) is 32.3 Å². The van der Waals surface area contributed by atoms with Crippen LogP contribution in [0.1, 0.15) is 65.2 Å². The van der Waals surface area contributed by atoms with Crippen molar-refractivity contribution in [2.45, 2.75) is 76.9 Å². The first kappa shape index (κ1) is 13.4. The molecule has 0 heterocycles. The highest BCUT2D eigenvalue weighted by Crippen LogP contribution is 2.33. The lowest BCUT2D eigenvalue weighted by molar-refractivity contribution is -0.0141. The largest absolute Gasteiger partial charge is 0.389 e. The number of nitrogens with one attached hydrogen (secondary N) is 1. The standard InChI is InChI=1S/C15H29NO/c1-12-5-4-8-15(17,10-12)11-16-13(2)9-14-6-3-7-14/h12-14,16-17H,3-11H2,1-2H3. The van der Waals surface area contributed by atoms with Crippen LogP contribution in [0.3, 0.4) is 0 Å². The van der Waals surface area contributed by atoms with Crippen LogP contribution in [0.4, 0.5) is 0 Å². The minimum Gasteiger partial charge on any atom is -0.389 e. The fraction of sp³-hybridized carbons (Fsp3) is 1.00. The highest BCUT2D eigenvalue weighted by Gasteiger charge is 2.32. The third-order valence-electron chi connectivity index (χ3n) is 4.76. The SMILES string of the molecule is CC1CCCC(O)(CNC(C)CC2CCC2)C1. The predicted octanol–water partition coefficient (Wildman–Crippen LogP) is 3.10. The highest BCUT2D eigenvalue weighted by atomic mass is 16.3. The zero-order chi connectivity index (χ0) is 12.3. The van der Waals surface area contributed by atoms with E-state index >= 15 is 0 Å². The maximum Gasteiger partial charge on any atom is 0.0774 e. The second kappa shape index (κ2) is 5.71. The monoisotopic (exact) mass is 239 g/mol. The molecule has 17 heavy (non-hydrogen) atoms. The third-order valence-corrected chi connectivity index (χ3v) is 4.76. The second-order valence-corrected chi connectivity index (χ2v) is 6.74. The average molecular weight is 239 g/mol. The first-order chi connectivity index (χ1) is 8.07. The molecular formula is C15H29NO. The van der Waals surface area contributed by atoms with Gasteiger partial charge in [-0.15, -0.1) is 0 Å². The van der Waals surface area contributed by atoms with Gasteiger partial charge in [-0.25, -0.2) is 0 Å². The lowest BCUT2D eigenvalue weighted by Crippen LogP contribution is -2.46. The van der Waals surface area contributed by atoms with Crippen molar-refractivity contribution < 1.29 is 5.11 Å². The van der Waals surface area contributed by atoms with Crippen LogP contribution in [-0.4, -0.2) is 23.3 Å². The number of hydrogen-bond donors (Lipinski definition) is 2. The Hall–Kier alpha value is -0.0800. The van der Waals surface area contributed by atoms with Gasteiger partial charge in [-0.1, -0.05) is 39.0 Å². The van der Waals surface area contributed by atoms with Gasteiger partial charge in [-0.2, -0.15) is 0 Å². The van der Waals surface area contributed by atoms with Gasteiger partial charge in [0, 0.05) is 12.6 Å². The minimum atomic E-state index is -0.425. The quantitative estimate of drug-likeness (QED) is 0.772. The highest BCUT2D eigenvalue weighted by molar-refractivity contribution is 4.88. The molecule has 2 saturated carbocycles. The van der Waals surface area contributed by atoms with E-state index in [1.54, 1.807) is 0 Å². The first-order valence-electron chi connectivity index (χ1n) is 7.53. The van der Waals surface area contributed by atoms with Crippen molar-refractivity contribution in [3.63, 3.8) is 0 Å². The van der Waals surface area contributed by atoms with E-state index < -0.39 is 5.60 Å². The van der Waals surface area contributed by atoms with Crippen molar-refractivity contribution >= 4 is 0 Å². The summed E-state index contributed by atoms with van der Waals surface area (Å²) in [7, 11) is 0. The average Bonchev–Trinajstić information content (AvgIpc) is 2.20. The van der Waals surface area contributed by atoms with Crippen molar-refractivity contribution in [2.75, 3.05) is 6.54 Å². The Bertz CT molecular complexity index is 239. The molecule has 2 aliphatic rings. The maximum absolute atomic E-state index is 10.5. The van der Waals surface area contributed by atoms with Crippen LogP contribution in [0.2, 0.25) is 0 Å². The lowest BCUT2D eigenvalue weighted by atomic mass is 9.78. The fourth-order valence-corrected chi connectivity index (χ4v) is 3.47. The van der Waals surface area contributed by atoms with Crippen molar-refractivity contribution in [1.82, 2.24) is 5.32 Å². The smallest absolute Gasteiger partial charge is 0.0774 e. The van der Waals surface area contributed by atoms with Gasteiger partial charge in [0.15, 0.2) is 0 Å². The summed E-state index contributed by atoms with van der Waals surface area (Å²) >= 11 is 0. The third kappa shape index (κ3) is 3.96. The van der Waals surface area contributed by atoms with E-state index in [0.29, 0.717) is 12.0 Å². The molecule has 0 radical (unpaired) electrons. The Morgan fingerprint density at radius 1 is 1.29 bits per heavy atom. The van der Waals surface area contributed by atoms with Gasteiger partial charge in [0.05, 0.1) is 5.60 Å². The van der Waals surface area contributed by atoms with Crippen molar-refractivity contribution in [1.29, 1.82) is 0 Å². The second-order valence-electron chi connectivity index (χ2n) is 6.74. The summed E-state index contributed by atoms with van der Waals surface area (Å²) in [5, 5.41) is 14.1. The van der Waals surface area contributed by atoms with Crippen LogP contribution < -0.4 is 5.32 Å². The summed E-state index contributed by atoms with van der Waals surface area (Å²) in [5.74, 6) is 1.65. The van der Waals surface area contributed by atoms with Crippen LogP contribution >= 0.6 is 0 Å². The molecule has 0 aromatic carbocycles. The van der Waals surface area contributed by atoms with Crippen LogP contribution in [0.15, 0.2) is 0 Å². The van der Waals surface area contributed by atoms with E-state index in [9.17, 15) is 5.11 Å². The van der Waals surface area contributed by atoms with E-state index in [4.69, 9.17) is 0 Å². The molecule has 3 unspecified atom stereocenters. The van der Waals surface area contributed by atoms with Crippen LogP contribution in [-0.2, 0) is 0 Å². The summed E-state index contributed by atoms with van der Waals surface area (Å²) in [6.07, 6.45) is 10.0. The van der Waals surface area contributed by atoms with Gasteiger partial charge in [0.25, 0.3) is 0 Å². The zero-order valence-corrected chi connectivity index (χ0v) is 11.5. The van der Waals surface area contributed by atoms with Gasteiger partial charge >= 0.3 is 0 Å². The number of aliphatic hydroxyl groups is 1. The maximum atomic E-state index is 10.5. The molecule has 0 aromatic rings. The Kier molecular flexibility index (Phi) is 4.48. The summed E-state index contributed by atoms with van der Waals surface area (Å²) in [4.78, 5) is 0. The number of hydrogen-bond acceptors (Lipinski definition) is 2. The fourth-order valence-electron chi connectivity index (χ4n) is 3.47. The van der Waals surface area contributed by atoms with Crippen molar-refractivity contribution in [2.24, 2.45) is 11.8 Å². The molecule has 2 nitrogen and oxygen atoms in total. The van der Waals surface area contributed by atoms with Crippen molar-refractivity contribution in [3.05, 3.63) is 0 Å². The van der Waals surface area contributed by atoms with E-state index in [1.807, 2.05) is 0 Å². The molecule has 0 aliphatic heterocycles. The van der Waals surface area contributed by atoms with Crippen molar-refractivity contribution in [3.8, 4) is 0 Å². The summed E-state index contributed by atoms with van der Waals surface area (Å²) in [6.45, 7) is 5.33. The van der Waals surface area contributed by atoms with E-state index in [1.165, 1.54) is 38.5 Å². The van der Waals surface area contributed by atoms with Crippen LogP contribution in [0.25, 0.3) is 0 Å².